The lowest BCUT2D eigenvalue weighted by Crippen LogP contribution is -2.60. The average molecular weight is 378 g/mol. The number of hydrogen-bond donors (Lipinski definition) is 1. The third-order valence-corrected chi connectivity index (χ3v) is 7.09. The maximum atomic E-state index is 12.9. The smallest absolute Gasteiger partial charge is 0.225 e. The number of carbonyl (C=O) groups excluding carboxylic acids is 2. The van der Waals surface area contributed by atoms with Crippen molar-refractivity contribution in [3.63, 3.8) is 0 Å². The van der Waals surface area contributed by atoms with Crippen LogP contribution >= 0.6 is 0 Å². The third-order valence-electron chi connectivity index (χ3n) is 7.09. The van der Waals surface area contributed by atoms with Gasteiger partial charge < -0.3 is 15.0 Å². The Morgan fingerprint density at radius 2 is 1.67 bits per heavy atom. The first kappa shape index (κ1) is 19.2. The Morgan fingerprint density at radius 1 is 0.926 bits per heavy atom. The molecule has 4 rings (SSSR count). The molecule has 0 radical (unpaired) electrons. The molecule has 1 unspecified atom stereocenters. The van der Waals surface area contributed by atoms with Crippen molar-refractivity contribution < 1.29 is 14.3 Å². The van der Waals surface area contributed by atoms with Crippen molar-refractivity contribution in [3.8, 4) is 0 Å². The largest absolute Gasteiger partial charge is 0.379 e. The van der Waals surface area contributed by atoms with Crippen molar-refractivity contribution in [2.24, 2.45) is 11.8 Å². The van der Waals surface area contributed by atoms with Crippen molar-refractivity contribution in [3.05, 3.63) is 0 Å². The molecule has 0 aromatic carbocycles. The summed E-state index contributed by atoms with van der Waals surface area (Å²) in [5.41, 5.74) is 0.107. The van der Waals surface area contributed by atoms with Gasteiger partial charge >= 0.3 is 0 Å². The summed E-state index contributed by atoms with van der Waals surface area (Å²) in [6, 6.07) is 0. The van der Waals surface area contributed by atoms with Crippen molar-refractivity contribution in [1.29, 1.82) is 0 Å². The molecule has 2 aliphatic carbocycles. The number of likely N-dealkylation sites (tertiary alicyclic amines) is 1. The van der Waals surface area contributed by atoms with E-state index in [1.807, 2.05) is 4.90 Å². The molecule has 0 aromatic heterocycles. The Kier molecular flexibility index (Phi) is 6.02. The van der Waals surface area contributed by atoms with E-state index >= 15 is 0 Å². The predicted molar refractivity (Wildman–Crippen MR) is 103 cm³/mol. The number of amides is 2. The van der Waals surface area contributed by atoms with Gasteiger partial charge in [0.1, 0.15) is 0 Å². The van der Waals surface area contributed by atoms with E-state index in [1.54, 1.807) is 0 Å². The van der Waals surface area contributed by atoms with Crippen LogP contribution in [0.5, 0.6) is 0 Å². The molecule has 6 nitrogen and oxygen atoms in total. The van der Waals surface area contributed by atoms with Gasteiger partial charge in [-0.3, -0.25) is 14.5 Å². The summed E-state index contributed by atoms with van der Waals surface area (Å²) < 4.78 is 5.55. The van der Waals surface area contributed by atoms with Crippen LogP contribution in [0.15, 0.2) is 0 Å². The number of ether oxygens (including phenoxy) is 1. The van der Waals surface area contributed by atoms with Crippen molar-refractivity contribution in [2.75, 3.05) is 45.9 Å². The molecule has 2 saturated heterocycles. The molecule has 4 aliphatic rings. The Bertz CT molecular complexity index is 537. The minimum absolute atomic E-state index is 0.0354. The lowest BCUT2D eigenvalue weighted by molar-refractivity contribution is -0.137. The zero-order chi connectivity index (χ0) is 18.7. The van der Waals surface area contributed by atoms with Gasteiger partial charge in [0, 0.05) is 44.2 Å². The highest BCUT2D eigenvalue weighted by Crippen LogP contribution is 2.35. The molecule has 6 heteroatoms. The number of hydrogen-bond acceptors (Lipinski definition) is 4. The molecule has 0 spiro atoms. The van der Waals surface area contributed by atoms with Crippen LogP contribution in [0.4, 0.5) is 0 Å². The highest BCUT2D eigenvalue weighted by Gasteiger charge is 2.40. The first-order valence-corrected chi connectivity index (χ1v) is 11.1. The van der Waals surface area contributed by atoms with Crippen molar-refractivity contribution in [1.82, 2.24) is 15.1 Å². The van der Waals surface area contributed by atoms with E-state index in [1.165, 1.54) is 32.1 Å². The van der Waals surface area contributed by atoms with Gasteiger partial charge in [0.25, 0.3) is 0 Å². The molecule has 4 fully saturated rings. The molecule has 2 aliphatic heterocycles. The predicted octanol–water partition coefficient (Wildman–Crippen LogP) is 1.79. The molecular formula is C21H35N3O3. The van der Waals surface area contributed by atoms with Crippen LogP contribution in [-0.2, 0) is 14.3 Å². The van der Waals surface area contributed by atoms with Crippen LogP contribution in [0, 0.1) is 11.8 Å². The lowest BCUT2D eigenvalue weighted by atomic mass is 9.79. The SMILES string of the molecule is O=C(NCC1(N2CCOCC2)CCCCC1)C1CCCN(C(=O)C2CC2)C1. The zero-order valence-electron chi connectivity index (χ0n) is 16.6. The Morgan fingerprint density at radius 3 is 2.37 bits per heavy atom. The molecule has 152 valence electrons. The van der Waals surface area contributed by atoms with Gasteiger partial charge in [-0.15, -0.1) is 0 Å². The maximum absolute atomic E-state index is 12.9. The Balaban J connectivity index is 1.34. The molecule has 2 heterocycles. The van der Waals surface area contributed by atoms with E-state index in [2.05, 4.69) is 10.2 Å². The monoisotopic (exact) mass is 377 g/mol. The average Bonchev–Trinajstić information content (AvgIpc) is 3.58. The minimum atomic E-state index is -0.0354. The first-order valence-electron chi connectivity index (χ1n) is 11.1. The molecule has 0 aromatic rings. The van der Waals surface area contributed by atoms with E-state index in [-0.39, 0.29) is 29.2 Å². The van der Waals surface area contributed by atoms with Crippen molar-refractivity contribution in [2.45, 2.75) is 63.3 Å². The molecular weight excluding hydrogens is 342 g/mol. The summed E-state index contributed by atoms with van der Waals surface area (Å²) in [6.07, 6.45) is 10.1. The highest BCUT2D eigenvalue weighted by atomic mass is 16.5. The van der Waals surface area contributed by atoms with Crippen LogP contribution in [0.25, 0.3) is 0 Å². The first-order chi connectivity index (χ1) is 13.2. The summed E-state index contributed by atoms with van der Waals surface area (Å²) in [5, 5.41) is 3.31. The fraction of sp³-hybridized carbons (Fsp3) is 0.905. The van der Waals surface area contributed by atoms with Gasteiger partial charge in [0.15, 0.2) is 0 Å². The molecule has 0 bridgehead atoms. The van der Waals surface area contributed by atoms with Crippen LogP contribution in [0.3, 0.4) is 0 Å². The third kappa shape index (κ3) is 4.48. The van der Waals surface area contributed by atoms with Crippen LogP contribution in [0.2, 0.25) is 0 Å². The standard InChI is InChI=1S/C21H35N3O3/c25-19(18-5-4-10-23(15-18)20(26)17-6-7-17)22-16-21(8-2-1-3-9-21)24-11-13-27-14-12-24/h17-18H,1-16H2,(H,22,25). The quantitative estimate of drug-likeness (QED) is 0.793. The fourth-order valence-electron chi connectivity index (χ4n) is 5.23. The summed E-state index contributed by atoms with van der Waals surface area (Å²) in [4.78, 5) is 29.8. The van der Waals surface area contributed by atoms with Crippen LogP contribution in [-0.4, -0.2) is 73.1 Å². The van der Waals surface area contributed by atoms with Crippen LogP contribution < -0.4 is 5.32 Å². The van der Waals surface area contributed by atoms with E-state index in [9.17, 15) is 9.59 Å². The Labute approximate surface area is 163 Å². The van der Waals surface area contributed by atoms with Crippen LogP contribution in [0.1, 0.15) is 57.8 Å². The second-order valence-electron chi connectivity index (χ2n) is 9.00. The number of nitrogens with zero attached hydrogens (tertiary/aromatic N) is 2. The molecule has 1 atom stereocenters. The molecule has 27 heavy (non-hydrogen) atoms. The van der Waals surface area contributed by atoms with Crippen molar-refractivity contribution >= 4 is 11.8 Å². The van der Waals surface area contributed by atoms with E-state index < -0.39 is 0 Å². The number of carbonyl (C=O) groups is 2. The van der Waals surface area contributed by atoms with E-state index in [4.69, 9.17) is 4.74 Å². The van der Waals surface area contributed by atoms with Gasteiger partial charge in [-0.1, -0.05) is 19.3 Å². The summed E-state index contributed by atoms with van der Waals surface area (Å²) in [5.74, 6) is 0.650. The lowest BCUT2D eigenvalue weighted by Gasteiger charge is -2.48. The minimum Gasteiger partial charge on any atom is -0.379 e. The molecule has 2 amide bonds. The molecule has 2 saturated carbocycles. The topological polar surface area (TPSA) is 61.9 Å². The summed E-state index contributed by atoms with van der Waals surface area (Å²) in [6.45, 7) is 5.75. The summed E-state index contributed by atoms with van der Waals surface area (Å²) >= 11 is 0. The van der Waals surface area contributed by atoms with Gasteiger partial charge in [-0.2, -0.15) is 0 Å². The normalized spacial score (nSPS) is 29.3. The van der Waals surface area contributed by atoms with Gasteiger partial charge in [-0.25, -0.2) is 0 Å². The maximum Gasteiger partial charge on any atom is 0.225 e. The second-order valence-corrected chi connectivity index (χ2v) is 9.00. The van der Waals surface area contributed by atoms with Gasteiger partial charge in [0.2, 0.25) is 11.8 Å². The van der Waals surface area contributed by atoms with E-state index in [0.29, 0.717) is 6.54 Å². The fourth-order valence-corrected chi connectivity index (χ4v) is 5.23. The second kappa shape index (κ2) is 8.48. The number of morpholine rings is 1. The van der Waals surface area contributed by atoms with Gasteiger partial charge in [-0.05, 0) is 38.5 Å². The number of piperidine rings is 1. The van der Waals surface area contributed by atoms with E-state index in [0.717, 1.165) is 65.1 Å². The molecule has 1 N–H and O–H groups in total. The highest BCUT2D eigenvalue weighted by molar-refractivity contribution is 5.83. The van der Waals surface area contributed by atoms with Gasteiger partial charge in [0.05, 0.1) is 19.1 Å². The zero-order valence-corrected chi connectivity index (χ0v) is 16.6. The number of rotatable bonds is 5. The number of nitrogens with one attached hydrogen (secondary N) is 1. The summed E-state index contributed by atoms with van der Waals surface area (Å²) in [7, 11) is 0. The Hall–Kier alpha value is -1.14.